The lowest BCUT2D eigenvalue weighted by molar-refractivity contribution is 0.102. The van der Waals surface area contributed by atoms with Crippen molar-refractivity contribution < 1.29 is 9.53 Å². The van der Waals surface area contributed by atoms with E-state index in [0.29, 0.717) is 60.3 Å². The fourth-order valence-corrected chi connectivity index (χ4v) is 4.20. The van der Waals surface area contributed by atoms with Crippen molar-refractivity contribution in [2.24, 2.45) is 12.2 Å². The Morgan fingerprint density at radius 1 is 1.26 bits per heavy atom. The fourth-order valence-electron chi connectivity index (χ4n) is 4.20. The maximum absolute atomic E-state index is 13.3. The summed E-state index contributed by atoms with van der Waals surface area (Å²) in [7, 11) is 1.79. The number of fused-ring (bicyclic) bond motifs is 7. The first kappa shape index (κ1) is 21.5. The largest absolute Gasteiger partial charge is 0.477 e. The fraction of sp³-hybridized carbons (Fsp3) is 0.304. The minimum absolute atomic E-state index is 0.315. The summed E-state index contributed by atoms with van der Waals surface area (Å²) in [6.07, 6.45) is 2.94. The molecule has 4 heterocycles. The number of hydrogen-bond acceptors (Lipinski definition) is 6. The molecule has 1 atom stereocenters. The second kappa shape index (κ2) is 8.87. The zero-order valence-corrected chi connectivity index (χ0v) is 18.8. The Morgan fingerprint density at radius 3 is 2.97 bits per heavy atom. The molecule has 1 aromatic carbocycles. The van der Waals surface area contributed by atoms with Crippen molar-refractivity contribution in [2.45, 2.75) is 32.4 Å². The van der Waals surface area contributed by atoms with Crippen molar-refractivity contribution in [1.29, 1.82) is 0 Å². The van der Waals surface area contributed by atoms with Gasteiger partial charge in [0.15, 0.2) is 0 Å². The highest BCUT2D eigenvalue weighted by Crippen LogP contribution is 2.30. The van der Waals surface area contributed by atoms with Crippen molar-refractivity contribution in [2.75, 3.05) is 11.9 Å². The third-order valence-corrected chi connectivity index (χ3v) is 5.78. The van der Waals surface area contributed by atoms with Crippen LogP contribution in [0.4, 0.5) is 5.95 Å². The van der Waals surface area contributed by atoms with Gasteiger partial charge in [0.25, 0.3) is 5.91 Å². The Balaban J connectivity index is 1.63. The first-order valence-electron chi connectivity index (χ1n) is 11.0. The number of carbonyl (C=O) groups is 1. The second-order valence-corrected chi connectivity index (χ2v) is 8.21. The van der Waals surface area contributed by atoms with Gasteiger partial charge in [-0.1, -0.05) is 17.2 Å². The van der Waals surface area contributed by atoms with Crippen molar-refractivity contribution in [3.63, 3.8) is 0 Å². The summed E-state index contributed by atoms with van der Waals surface area (Å²) >= 11 is 0. The van der Waals surface area contributed by atoms with Gasteiger partial charge in [0.2, 0.25) is 11.8 Å². The lowest BCUT2D eigenvalue weighted by Gasteiger charge is -2.15. The third-order valence-electron chi connectivity index (χ3n) is 5.78. The van der Waals surface area contributed by atoms with Crippen molar-refractivity contribution in [3.05, 3.63) is 64.3 Å². The van der Waals surface area contributed by atoms with Gasteiger partial charge in [-0.15, -0.1) is 0 Å². The molecule has 5 rings (SSSR count). The average molecular weight is 457 g/mol. The molecule has 0 saturated carbocycles. The van der Waals surface area contributed by atoms with Crippen LogP contribution in [0, 0.1) is 6.92 Å². The number of aryl methyl sites for hydroxylation is 2. The molecule has 2 bridgehead atoms. The lowest BCUT2D eigenvalue weighted by atomic mass is 10.1. The van der Waals surface area contributed by atoms with E-state index in [1.165, 1.54) is 0 Å². The number of carbonyl (C=O) groups excluding carboxylic acids is 1. The minimum atomic E-state index is -0.344. The summed E-state index contributed by atoms with van der Waals surface area (Å²) in [6.45, 7) is 2.63. The lowest BCUT2D eigenvalue weighted by Crippen LogP contribution is -2.20. The van der Waals surface area contributed by atoms with Crippen LogP contribution < -0.4 is 10.1 Å². The Bertz CT molecular complexity index is 1430. The molecule has 1 N–H and O–H groups in total. The number of rotatable bonds is 1. The first-order chi connectivity index (χ1) is 16.5. The van der Waals surface area contributed by atoms with Crippen LogP contribution in [0.3, 0.4) is 0 Å². The predicted octanol–water partition coefficient (Wildman–Crippen LogP) is 4.24. The highest BCUT2D eigenvalue weighted by Gasteiger charge is 2.21. The van der Waals surface area contributed by atoms with Crippen LogP contribution in [0.2, 0.25) is 0 Å². The van der Waals surface area contributed by atoms with Crippen LogP contribution in [-0.4, -0.2) is 42.9 Å². The SMILES string of the molecule is Cc1cc2cc(n1)-c1cnn(C)c1OCCCC(N=[N+]=[N-])Cn1c(nc3ccccc31)NC2=O. The normalized spacial score (nSPS) is 16.3. The summed E-state index contributed by atoms with van der Waals surface area (Å²) in [4.78, 5) is 25.6. The molecule has 34 heavy (non-hydrogen) atoms. The molecule has 0 spiro atoms. The summed E-state index contributed by atoms with van der Waals surface area (Å²) in [5.41, 5.74) is 13.2. The van der Waals surface area contributed by atoms with Crippen LogP contribution >= 0.6 is 0 Å². The quantitative estimate of drug-likeness (QED) is 0.259. The van der Waals surface area contributed by atoms with Gasteiger partial charge in [-0.3, -0.25) is 15.1 Å². The van der Waals surface area contributed by atoms with Crippen molar-refractivity contribution in [1.82, 2.24) is 24.3 Å². The predicted molar refractivity (Wildman–Crippen MR) is 127 cm³/mol. The van der Waals surface area contributed by atoms with Gasteiger partial charge in [0.1, 0.15) is 0 Å². The van der Waals surface area contributed by atoms with Gasteiger partial charge in [0.05, 0.1) is 41.1 Å². The molecule has 11 nitrogen and oxygen atoms in total. The van der Waals surface area contributed by atoms with Crippen LogP contribution in [0.25, 0.3) is 32.7 Å². The number of aromatic nitrogens is 5. The highest BCUT2D eigenvalue weighted by atomic mass is 16.5. The molecular weight excluding hydrogens is 434 g/mol. The molecule has 1 unspecified atom stereocenters. The van der Waals surface area contributed by atoms with Crippen molar-refractivity contribution >= 4 is 22.9 Å². The van der Waals surface area contributed by atoms with Gasteiger partial charge in [-0.05, 0) is 49.6 Å². The maximum Gasteiger partial charge on any atom is 0.258 e. The second-order valence-electron chi connectivity index (χ2n) is 8.21. The monoisotopic (exact) mass is 457 g/mol. The maximum atomic E-state index is 13.3. The number of amides is 1. The van der Waals surface area contributed by atoms with Crippen molar-refractivity contribution in [3.8, 4) is 17.1 Å². The Kier molecular flexibility index (Phi) is 5.60. The van der Waals surface area contributed by atoms with Crippen LogP contribution in [-0.2, 0) is 13.6 Å². The van der Waals surface area contributed by atoms with Gasteiger partial charge in [-0.2, -0.15) is 5.10 Å². The number of azide groups is 1. The molecule has 11 heteroatoms. The van der Waals surface area contributed by atoms with Crippen LogP contribution in [0.5, 0.6) is 5.88 Å². The van der Waals surface area contributed by atoms with Gasteiger partial charge >= 0.3 is 0 Å². The number of benzene rings is 1. The highest BCUT2D eigenvalue weighted by molar-refractivity contribution is 6.04. The van der Waals surface area contributed by atoms with Gasteiger partial charge in [-0.25, -0.2) is 9.67 Å². The molecule has 0 saturated heterocycles. The van der Waals surface area contributed by atoms with Gasteiger partial charge in [0, 0.05) is 29.8 Å². The molecule has 3 aromatic heterocycles. The Labute approximate surface area is 195 Å². The first-order valence-corrected chi connectivity index (χ1v) is 11.0. The third kappa shape index (κ3) is 4.04. The summed E-state index contributed by atoms with van der Waals surface area (Å²) in [6, 6.07) is 10.7. The molecule has 1 amide bonds. The topological polar surface area (TPSA) is 136 Å². The molecule has 0 fully saturated rings. The summed E-state index contributed by atoms with van der Waals surface area (Å²) in [5.74, 6) is 0.650. The average Bonchev–Trinajstić information content (AvgIpc) is 3.35. The molecule has 1 aliphatic rings. The van der Waals surface area contributed by atoms with E-state index in [1.807, 2.05) is 35.8 Å². The standard InChI is InChI=1S/C23H23N9O2/c1-14-10-15-11-19(26-14)17-12-25-31(2)22(17)34-9-5-6-16(29-30-24)13-32-20-8-4-3-7-18(20)27-23(32)28-21(15)33/h3-4,7-8,10-12,16H,5-6,9,13H2,1-2H3,(H,27,28,33). The van der Waals surface area contributed by atoms with E-state index in [4.69, 9.17) is 10.3 Å². The van der Waals surface area contributed by atoms with E-state index in [2.05, 4.69) is 30.4 Å². The molecule has 0 aliphatic carbocycles. The van der Waals surface area contributed by atoms with E-state index in [0.717, 1.165) is 11.0 Å². The number of hydrogen-bond donors (Lipinski definition) is 1. The number of para-hydroxylation sites is 2. The summed E-state index contributed by atoms with van der Waals surface area (Å²) in [5, 5.41) is 11.3. The summed E-state index contributed by atoms with van der Waals surface area (Å²) < 4.78 is 9.59. The number of nitrogens with one attached hydrogen (secondary N) is 1. The number of pyridine rings is 1. The smallest absolute Gasteiger partial charge is 0.258 e. The molecule has 172 valence electrons. The minimum Gasteiger partial charge on any atom is -0.477 e. The van der Waals surface area contributed by atoms with E-state index < -0.39 is 0 Å². The van der Waals surface area contributed by atoms with E-state index >= 15 is 0 Å². The zero-order chi connectivity index (χ0) is 23.7. The number of anilines is 1. The van der Waals surface area contributed by atoms with Gasteiger partial charge < -0.3 is 9.30 Å². The Hall–Kier alpha value is -4.37. The van der Waals surface area contributed by atoms with E-state index in [9.17, 15) is 4.79 Å². The molecule has 1 aliphatic heterocycles. The van der Waals surface area contributed by atoms with Crippen LogP contribution in [0.15, 0.2) is 47.7 Å². The number of imidazole rings is 1. The van der Waals surface area contributed by atoms with E-state index in [1.54, 1.807) is 30.1 Å². The van der Waals surface area contributed by atoms with E-state index in [-0.39, 0.29) is 11.9 Å². The molecule has 0 radical (unpaired) electrons. The molecular formula is C23H23N9O2. The number of nitrogens with zero attached hydrogens (tertiary/aromatic N) is 8. The number of ether oxygens (including phenoxy) is 1. The zero-order valence-electron chi connectivity index (χ0n) is 18.8. The Morgan fingerprint density at radius 2 is 2.12 bits per heavy atom. The van der Waals surface area contributed by atoms with Crippen LogP contribution in [0.1, 0.15) is 28.9 Å². The molecule has 4 aromatic rings.